The van der Waals surface area contributed by atoms with Crippen molar-refractivity contribution in [3.63, 3.8) is 0 Å². The van der Waals surface area contributed by atoms with Crippen molar-refractivity contribution in [3.8, 4) is 0 Å². The summed E-state index contributed by atoms with van der Waals surface area (Å²) in [4.78, 5) is 4.15. The monoisotopic (exact) mass is 182 g/mol. The van der Waals surface area contributed by atoms with Gasteiger partial charge in [-0.2, -0.15) is 0 Å². The molecule has 0 aliphatic carbocycles. The summed E-state index contributed by atoms with van der Waals surface area (Å²) in [6.45, 7) is 9.43. The van der Waals surface area contributed by atoms with Crippen LogP contribution >= 0.6 is 0 Å². The first-order valence-electron chi connectivity index (χ1n) is 4.21. The average molecular weight is 182 g/mol. The Bertz CT molecular complexity index is 237. The van der Waals surface area contributed by atoms with Crippen LogP contribution in [0.4, 0.5) is 0 Å². The summed E-state index contributed by atoms with van der Waals surface area (Å²) in [6, 6.07) is 0. The zero-order valence-corrected chi connectivity index (χ0v) is 8.79. The fourth-order valence-corrected chi connectivity index (χ4v) is 0.701. The third-order valence-corrected chi connectivity index (χ3v) is 1.67. The highest BCUT2D eigenvalue weighted by Gasteiger charge is 2.03. The van der Waals surface area contributed by atoms with E-state index in [1.807, 2.05) is 20.8 Å². The molecule has 3 nitrogen and oxygen atoms in total. The van der Waals surface area contributed by atoms with Gasteiger partial charge in [0.1, 0.15) is 5.84 Å². The van der Waals surface area contributed by atoms with Crippen LogP contribution in [0.3, 0.4) is 0 Å². The smallest absolute Gasteiger partial charge is 0.213 e. The Morgan fingerprint density at radius 1 is 1.54 bits per heavy atom. The Labute approximate surface area is 80.0 Å². The highest BCUT2D eigenvalue weighted by molar-refractivity contribution is 5.84. The Kier molecular flexibility index (Phi) is 4.89. The molecule has 0 heterocycles. The Morgan fingerprint density at radius 3 is 2.38 bits per heavy atom. The van der Waals surface area contributed by atoms with E-state index in [1.165, 1.54) is 0 Å². The highest BCUT2D eigenvalue weighted by atomic mass is 16.5. The largest absolute Gasteiger partial charge is 0.481 e. The minimum atomic E-state index is 0.0736. The van der Waals surface area contributed by atoms with E-state index in [9.17, 15) is 0 Å². The number of aliphatic imine (C=N–C) groups is 1. The number of nitrogens with zero attached hydrogens (tertiary/aromatic N) is 1. The number of allylic oxidation sites excluding steroid dienone is 1. The molecule has 0 aromatic rings. The van der Waals surface area contributed by atoms with Gasteiger partial charge < -0.3 is 10.5 Å². The molecule has 0 bridgehead atoms. The molecule has 0 aliphatic rings. The van der Waals surface area contributed by atoms with Crippen molar-refractivity contribution in [2.75, 3.05) is 7.11 Å². The predicted octanol–water partition coefficient (Wildman–Crippen LogP) is 2.06. The van der Waals surface area contributed by atoms with Gasteiger partial charge in [0.25, 0.3) is 0 Å². The van der Waals surface area contributed by atoms with E-state index in [0.29, 0.717) is 11.7 Å². The van der Waals surface area contributed by atoms with Crippen LogP contribution in [0.15, 0.2) is 29.1 Å². The molecular formula is C10H18N2O. The first-order chi connectivity index (χ1) is 6.02. The molecule has 0 aromatic heterocycles. The third-order valence-electron chi connectivity index (χ3n) is 1.67. The number of amidine groups is 1. The molecule has 3 heteroatoms. The molecule has 74 valence electrons. The molecule has 13 heavy (non-hydrogen) atoms. The molecule has 2 N–H and O–H groups in total. The van der Waals surface area contributed by atoms with Gasteiger partial charge in [-0.3, -0.25) is 0 Å². The summed E-state index contributed by atoms with van der Waals surface area (Å²) in [7, 11) is 1.58. The van der Waals surface area contributed by atoms with Crippen molar-refractivity contribution in [2.24, 2.45) is 16.6 Å². The Hall–Kier alpha value is -1.25. The van der Waals surface area contributed by atoms with E-state index in [-0.39, 0.29) is 5.92 Å². The van der Waals surface area contributed by atoms with Crippen molar-refractivity contribution >= 4 is 5.84 Å². The first-order valence-corrected chi connectivity index (χ1v) is 4.21. The van der Waals surface area contributed by atoms with Crippen LogP contribution in [0.2, 0.25) is 0 Å². The van der Waals surface area contributed by atoms with Crippen molar-refractivity contribution in [1.82, 2.24) is 0 Å². The van der Waals surface area contributed by atoms with Gasteiger partial charge in [-0.1, -0.05) is 13.0 Å². The second-order valence-corrected chi connectivity index (χ2v) is 3.07. The van der Waals surface area contributed by atoms with Crippen molar-refractivity contribution in [1.29, 1.82) is 0 Å². The quantitative estimate of drug-likeness (QED) is 0.313. The molecule has 0 radical (unpaired) electrons. The Balaban J connectivity index is 4.72. The molecule has 1 atom stereocenters. The van der Waals surface area contributed by atoms with E-state index in [2.05, 4.69) is 11.6 Å². The van der Waals surface area contributed by atoms with E-state index in [1.54, 1.807) is 13.2 Å². The van der Waals surface area contributed by atoms with E-state index < -0.39 is 0 Å². The molecule has 0 saturated carbocycles. The average Bonchev–Trinajstić information content (AvgIpc) is 2.11. The molecule has 0 aliphatic heterocycles. The third kappa shape index (κ3) is 3.78. The van der Waals surface area contributed by atoms with Crippen LogP contribution in [0.5, 0.6) is 0 Å². The lowest BCUT2D eigenvalue weighted by Crippen LogP contribution is -2.20. The second-order valence-electron chi connectivity index (χ2n) is 3.07. The number of hydrogen-bond donors (Lipinski definition) is 1. The van der Waals surface area contributed by atoms with Crippen LogP contribution in [0.25, 0.3) is 0 Å². The van der Waals surface area contributed by atoms with Crippen LogP contribution in [-0.2, 0) is 4.74 Å². The lowest BCUT2D eigenvalue weighted by Gasteiger charge is -2.07. The molecule has 0 amide bonds. The summed E-state index contributed by atoms with van der Waals surface area (Å²) in [6.07, 6.45) is 1.75. The summed E-state index contributed by atoms with van der Waals surface area (Å²) in [5.74, 6) is 1.17. The van der Waals surface area contributed by atoms with Gasteiger partial charge in [-0.05, 0) is 19.4 Å². The normalized spacial score (nSPS) is 13.4. The SMILES string of the molecule is C=CC(C)/C(N)=N\C(OC)=C(C)C. The van der Waals surface area contributed by atoms with Crippen molar-refractivity contribution in [3.05, 3.63) is 24.1 Å². The van der Waals surface area contributed by atoms with Crippen LogP contribution in [-0.4, -0.2) is 12.9 Å². The van der Waals surface area contributed by atoms with Gasteiger partial charge >= 0.3 is 0 Å². The number of rotatable bonds is 4. The minimum Gasteiger partial charge on any atom is -0.481 e. The maximum atomic E-state index is 5.71. The molecular weight excluding hydrogens is 164 g/mol. The minimum absolute atomic E-state index is 0.0736. The topological polar surface area (TPSA) is 47.6 Å². The number of nitrogens with two attached hydrogens (primary N) is 1. The highest BCUT2D eigenvalue weighted by Crippen LogP contribution is 2.07. The lowest BCUT2D eigenvalue weighted by molar-refractivity contribution is 0.283. The van der Waals surface area contributed by atoms with Gasteiger partial charge in [-0.25, -0.2) is 4.99 Å². The molecule has 0 spiro atoms. The second kappa shape index (κ2) is 5.41. The molecule has 0 aromatic carbocycles. The van der Waals surface area contributed by atoms with Crippen LogP contribution < -0.4 is 5.73 Å². The molecule has 0 rings (SSSR count). The van der Waals surface area contributed by atoms with Gasteiger partial charge in [0, 0.05) is 5.92 Å². The summed E-state index contributed by atoms with van der Waals surface area (Å²) in [5.41, 5.74) is 6.71. The Morgan fingerprint density at radius 2 is 2.08 bits per heavy atom. The summed E-state index contributed by atoms with van der Waals surface area (Å²) >= 11 is 0. The lowest BCUT2D eigenvalue weighted by atomic mass is 10.1. The standard InChI is InChI=1S/C10H18N2O/c1-6-8(4)9(11)12-10(13-5)7(2)3/h6,8H,1H2,2-5H3,(H2,11,12). The van der Waals surface area contributed by atoms with Gasteiger partial charge in [0.2, 0.25) is 5.88 Å². The zero-order valence-electron chi connectivity index (χ0n) is 8.79. The maximum absolute atomic E-state index is 5.71. The van der Waals surface area contributed by atoms with Gasteiger partial charge in [-0.15, -0.1) is 6.58 Å². The fourth-order valence-electron chi connectivity index (χ4n) is 0.701. The van der Waals surface area contributed by atoms with Gasteiger partial charge in [0.05, 0.1) is 7.11 Å². The first kappa shape index (κ1) is 11.8. The summed E-state index contributed by atoms with van der Waals surface area (Å²) in [5, 5.41) is 0. The van der Waals surface area contributed by atoms with E-state index >= 15 is 0 Å². The molecule has 0 saturated heterocycles. The van der Waals surface area contributed by atoms with Crippen LogP contribution in [0, 0.1) is 5.92 Å². The van der Waals surface area contributed by atoms with E-state index in [4.69, 9.17) is 10.5 Å². The number of ether oxygens (including phenoxy) is 1. The fraction of sp³-hybridized carbons (Fsp3) is 0.500. The van der Waals surface area contributed by atoms with Crippen LogP contribution in [0.1, 0.15) is 20.8 Å². The number of hydrogen-bond acceptors (Lipinski definition) is 2. The van der Waals surface area contributed by atoms with Crippen molar-refractivity contribution in [2.45, 2.75) is 20.8 Å². The van der Waals surface area contributed by atoms with E-state index in [0.717, 1.165) is 5.57 Å². The maximum Gasteiger partial charge on any atom is 0.213 e. The predicted molar refractivity (Wildman–Crippen MR) is 56.4 cm³/mol. The zero-order chi connectivity index (χ0) is 10.4. The molecule has 1 unspecified atom stereocenters. The summed E-state index contributed by atoms with van der Waals surface area (Å²) < 4.78 is 5.05. The van der Waals surface area contributed by atoms with Gasteiger partial charge in [0.15, 0.2) is 0 Å². The number of methoxy groups -OCH3 is 1. The van der Waals surface area contributed by atoms with Crippen molar-refractivity contribution < 1.29 is 4.74 Å². The molecule has 0 fully saturated rings.